The van der Waals surface area contributed by atoms with E-state index in [2.05, 4.69) is 23.7 Å². The molecule has 4 rings (SSSR count). The van der Waals surface area contributed by atoms with Crippen molar-refractivity contribution in [1.29, 1.82) is 0 Å². The summed E-state index contributed by atoms with van der Waals surface area (Å²) in [6, 6.07) is 5.64. The number of aromatic nitrogens is 2. The fourth-order valence-corrected chi connectivity index (χ4v) is 4.70. The Morgan fingerprint density at radius 2 is 2.06 bits per heavy atom. The van der Waals surface area contributed by atoms with Crippen LogP contribution in [0.2, 0.25) is 0 Å². The Balaban J connectivity index is 1.56. The van der Waals surface area contributed by atoms with E-state index < -0.39 is 0 Å². The Labute approximate surface area is 188 Å². The number of methoxy groups -OCH3 is 2. The van der Waals surface area contributed by atoms with E-state index in [1.807, 2.05) is 23.1 Å². The van der Waals surface area contributed by atoms with E-state index in [0.717, 1.165) is 42.6 Å². The molecule has 0 bridgehead atoms. The molecule has 1 saturated heterocycles. The van der Waals surface area contributed by atoms with Gasteiger partial charge in [0.2, 0.25) is 5.91 Å². The summed E-state index contributed by atoms with van der Waals surface area (Å²) in [5.74, 6) is 1.94. The zero-order valence-corrected chi connectivity index (χ0v) is 19.3. The van der Waals surface area contributed by atoms with Crippen LogP contribution in [-0.2, 0) is 24.2 Å². The van der Waals surface area contributed by atoms with Gasteiger partial charge in [-0.15, -0.1) is 0 Å². The fraction of sp³-hybridized carbons (Fsp3) is 0.542. The minimum absolute atomic E-state index is 0.00888. The van der Waals surface area contributed by atoms with Crippen LogP contribution in [0.5, 0.6) is 11.5 Å². The highest BCUT2D eigenvalue weighted by Crippen LogP contribution is 2.32. The molecule has 1 amide bonds. The quantitative estimate of drug-likeness (QED) is 0.743. The number of carbonyl (C=O) groups excluding carboxylic acids is 1. The number of rotatable bonds is 6. The topological polar surface area (TPSA) is 87.8 Å². The molecule has 32 heavy (non-hydrogen) atoms. The van der Waals surface area contributed by atoms with Crippen molar-refractivity contribution in [2.75, 3.05) is 27.3 Å². The van der Waals surface area contributed by atoms with E-state index in [1.54, 1.807) is 14.2 Å². The third-order valence-corrected chi connectivity index (χ3v) is 6.56. The molecule has 0 radical (unpaired) electrons. The van der Waals surface area contributed by atoms with Gasteiger partial charge in [-0.2, -0.15) is 0 Å². The van der Waals surface area contributed by atoms with Crippen LogP contribution in [0.3, 0.4) is 0 Å². The average molecular weight is 441 g/mol. The minimum Gasteiger partial charge on any atom is -0.497 e. The Bertz CT molecular complexity index is 1050. The van der Waals surface area contributed by atoms with E-state index in [-0.39, 0.29) is 23.9 Å². The van der Waals surface area contributed by atoms with Crippen molar-refractivity contribution in [2.45, 2.75) is 58.2 Å². The summed E-state index contributed by atoms with van der Waals surface area (Å²) < 4.78 is 10.7. The van der Waals surface area contributed by atoms with Gasteiger partial charge in [0.05, 0.1) is 37.9 Å². The lowest BCUT2D eigenvalue weighted by molar-refractivity contribution is -0.131. The minimum atomic E-state index is -0.208. The highest BCUT2D eigenvalue weighted by atomic mass is 16.5. The van der Waals surface area contributed by atoms with Gasteiger partial charge in [-0.3, -0.25) is 14.5 Å². The van der Waals surface area contributed by atoms with Gasteiger partial charge < -0.3 is 19.4 Å². The molecule has 1 N–H and O–H groups in total. The third-order valence-electron chi connectivity index (χ3n) is 6.56. The van der Waals surface area contributed by atoms with Crippen molar-refractivity contribution >= 4 is 5.91 Å². The van der Waals surface area contributed by atoms with Crippen LogP contribution in [0.15, 0.2) is 23.0 Å². The molecule has 172 valence electrons. The van der Waals surface area contributed by atoms with Gasteiger partial charge in [0.1, 0.15) is 17.3 Å². The molecule has 0 spiro atoms. The molecule has 1 fully saturated rings. The van der Waals surface area contributed by atoms with E-state index in [4.69, 9.17) is 14.5 Å². The SMILES string of the molecule is COc1ccc(OC)c(CC(=O)N2CCC[C@@H]2c2nc3c(c(=O)[nH]2)CN(C(C)C)CC3)c1. The molecule has 1 aromatic heterocycles. The van der Waals surface area contributed by atoms with Gasteiger partial charge >= 0.3 is 0 Å². The number of amides is 1. The normalized spacial score (nSPS) is 18.7. The maximum absolute atomic E-state index is 13.3. The number of nitrogens with one attached hydrogen (secondary N) is 1. The average Bonchev–Trinajstić information content (AvgIpc) is 3.29. The largest absolute Gasteiger partial charge is 0.497 e. The molecule has 0 aliphatic carbocycles. The van der Waals surface area contributed by atoms with E-state index in [0.29, 0.717) is 36.5 Å². The van der Waals surface area contributed by atoms with Crippen LogP contribution >= 0.6 is 0 Å². The number of hydrogen-bond donors (Lipinski definition) is 1. The molecular formula is C24H32N4O4. The Kier molecular flexibility index (Phi) is 6.50. The van der Waals surface area contributed by atoms with Crippen LogP contribution in [0, 0.1) is 0 Å². The van der Waals surface area contributed by atoms with Crippen molar-refractivity contribution in [3.63, 3.8) is 0 Å². The van der Waals surface area contributed by atoms with Crippen LogP contribution in [-0.4, -0.2) is 59.0 Å². The maximum Gasteiger partial charge on any atom is 0.255 e. The van der Waals surface area contributed by atoms with Crippen LogP contribution < -0.4 is 15.0 Å². The van der Waals surface area contributed by atoms with E-state index in [9.17, 15) is 9.59 Å². The first-order chi connectivity index (χ1) is 15.4. The molecule has 8 heteroatoms. The van der Waals surface area contributed by atoms with Crippen molar-refractivity contribution in [3.05, 3.63) is 51.2 Å². The number of nitrogens with zero attached hydrogens (tertiary/aromatic N) is 3. The van der Waals surface area contributed by atoms with E-state index >= 15 is 0 Å². The van der Waals surface area contributed by atoms with Gasteiger partial charge in [0.25, 0.3) is 5.56 Å². The third kappa shape index (κ3) is 4.37. The van der Waals surface area contributed by atoms with Crippen LogP contribution in [0.25, 0.3) is 0 Å². The summed E-state index contributed by atoms with van der Waals surface area (Å²) in [5, 5.41) is 0. The maximum atomic E-state index is 13.3. The predicted octanol–water partition coefficient (Wildman–Crippen LogP) is 2.46. The Hall–Kier alpha value is -2.87. The highest BCUT2D eigenvalue weighted by Gasteiger charge is 2.33. The summed E-state index contributed by atoms with van der Waals surface area (Å²) >= 11 is 0. The second kappa shape index (κ2) is 9.32. The van der Waals surface area contributed by atoms with Gasteiger partial charge in [0, 0.05) is 37.7 Å². The summed E-state index contributed by atoms with van der Waals surface area (Å²) in [4.78, 5) is 38.1. The van der Waals surface area contributed by atoms with Gasteiger partial charge in [-0.1, -0.05) is 0 Å². The molecule has 1 atom stereocenters. The number of hydrogen-bond acceptors (Lipinski definition) is 6. The summed E-state index contributed by atoms with van der Waals surface area (Å²) in [5.41, 5.74) is 2.33. The highest BCUT2D eigenvalue weighted by molar-refractivity contribution is 5.80. The zero-order chi connectivity index (χ0) is 22.8. The smallest absolute Gasteiger partial charge is 0.255 e. The van der Waals surface area contributed by atoms with Crippen molar-refractivity contribution in [3.8, 4) is 11.5 Å². The second-order valence-electron chi connectivity index (χ2n) is 8.79. The van der Waals surface area contributed by atoms with Crippen LogP contribution in [0.1, 0.15) is 55.4 Å². The van der Waals surface area contributed by atoms with Crippen molar-refractivity contribution in [1.82, 2.24) is 19.8 Å². The molecule has 0 saturated carbocycles. The summed E-state index contributed by atoms with van der Waals surface area (Å²) in [6.45, 7) is 6.44. The lowest BCUT2D eigenvalue weighted by Crippen LogP contribution is -2.40. The van der Waals surface area contributed by atoms with Gasteiger partial charge in [-0.05, 0) is 44.9 Å². The summed E-state index contributed by atoms with van der Waals surface area (Å²) in [6.07, 6.45) is 2.63. The zero-order valence-electron chi connectivity index (χ0n) is 19.3. The molecule has 2 aromatic rings. The van der Waals surface area contributed by atoms with Crippen LogP contribution in [0.4, 0.5) is 0 Å². The molecule has 8 nitrogen and oxygen atoms in total. The molecular weight excluding hydrogens is 408 g/mol. The first-order valence-corrected chi connectivity index (χ1v) is 11.3. The molecule has 2 aliphatic heterocycles. The molecule has 2 aliphatic rings. The first kappa shape index (κ1) is 22.3. The Morgan fingerprint density at radius 1 is 1.25 bits per heavy atom. The molecule has 3 heterocycles. The number of ether oxygens (including phenoxy) is 2. The van der Waals surface area contributed by atoms with Gasteiger partial charge in [-0.25, -0.2) is 4.98 Å². The second-order valence-corrected chi connectivity index (χ2v) is 8.79. The standard InChI is InChI=1S/C24H32N4O4/c1-15(2)27-11-9-19-18(14-27)24(30)26-23(25-19)20-6-5-10-28(20)22(29)13-16-12-17(31-3)7-8-21(16)32-4/h7-8,12,15,20H,5-6,9-11,13-14H2,1-4H3,(H,25,26,30)/t20-/m1/s1. The Morgan fingerprint density at radius 3 is 2.78 bits per heavy atom. The monoisotopic (exact) mass is 440 g/mol. The number of fused-ring (bicyclic) bond motifs is 1. The van der Waals surface area contributed by atoms with Crippen molar-refractivity contribution in [2.24, 2.45) is 0 Å². The first-order valence-electron chi connectivity index (χ1n) is 11.3. The predicted molar refractivity (Wildman–Crippen MR) is 121 cm³/mol. The number of likely N-dealkylation sites (tertiary alicyclic amines) is 1. The number of aromatic amines is 1. The fourth-order valence-electron chi connectivity index (χ4n) is 4.70. The van der Waals surface area contributed by atoms with Gasteiger partial charge in [0.15, 0.2) is 0 Å². The number of benzene rings is 1. The summed E-state index contributed by atoms with van der Waals surface area (Å²) in [7, 11) is 3.19. The lowest BCUT2D eigenvalue weighted by Gasteiger charge is -2.31. The van der Waals surface area contributed by atoms with Crippen molar-refractivity contribution < 1.29 is 14.3 Å². The van der Waals surface area contributed by atoms with E-state index in [1.165, 1.54) is 0 Å². The lowest BCUT2D eigenvalue weighted by atomic mass is 10.0. The molecule has 0 unspecified atom stereocenters. The number of H-pyrrole nitrogens is 1. The number of carbonyl (C=O) groups is 1. The molecule has 1 aromatic carbocycles.